The molecule has 0 fully saturated rings. The molecule has 4 aromatic rings. The molecule has 5 heteroatoms. The first kappa shape index (κ1) is 16.3. The predicted molar refractivity (Wildman–Crippen MR) is 101 cm³/mol. The normalized spacial score (nSPS) is 12.2. The maximum absolute atomic E-state index is 10.3. The fourth-order valence-corrected chi connectivity index (χ4v) is 2.87. The van der Waals surface area contributed by atoms with Crippen LogP contribution in [0.25, 0.3) is 22.2 Å². The maximum atomic E-state index is 10.3. The van der Waals surface area contributed by atoms with Gasteiger partial charge < -0.3 is 9.84 Å². The Balaban J connectivity index is 1.36. The summed E-state index contributed by atoms with van der Waals surface area (Å²) < 4.78 is 7.40. The standard InChI is InChI=1S/C21H19N3O2/c25-18(14-24-21-9-5-4-8-20(21)22-23-24)15-26-19-12-10-17(11-13-19)16-6-2-1-3-7-16/h1-13,18,25H,14-15H2. The molecule has 130 valence electrons. The second-order valence-electron chi connectivity index (χ2n) is 6.12. The van der Waals surface area contributed by atoms with Gasteiger partial charge in [0.15, 0.2) is 0 Å². The first-order valence-electron chi connectivity index (χ1n) is 8.54. The first-order chi connectivity index (χ1) is 12.8. The Morgan fingerprint density at radius 3 is 2.35 bits per heavy atom. The van der Waals surface area contributed by atoms with Gasteiger partial charge in [0, 0.05) is 0 Å². The fraction of sp³-hybridized carbons (Fsp3) is 0.143. The van der Waals surface area contributed by atoms with Crippen molar-refractivity contribution in [2.45, 2.75) is 12.6 Å². The lowest BCUT2D eigenvalue weighted by Crippen LogP contribution is -2.24. The summed E-state index contributed by atoms with van der Waals surface area (Å²) in [6.45, 7) is 0.529. The number of aromatic nitrogens is 3. The molecule has 0 aliphatic carbocycles. The van der Waals surface area contributed by atoms with Crippen molar-refractivity contribution in [1.82, 2.24) is 15.0 Å². The largest absolute Gasteiger partial charge is 0.491 e. The van der Waals surface area contributed by atoms with Crippen LogP contribution in [0.2, 0.25) is 0 Å². The highest BCUT2D eigenvalue weighted by Crippen LogP contribution is 2.22. The number of aliphatic hydroxyl groups excluding tert-OH is 1. The van der Waals surface area contributed by atoms with Crippen LogP contribution < -0.4 is 4.74 Å². The van der Waals surface area contributed by atoms with E-state index in [1.54, 1.807) is 4.68 Å². The van der Waals surface area contributed by atoms with E-state index >= 15 is 0 Å². The van der Waals surface area contributed by atoms with Crippen molar-refractivity contribution in [1.29, 1.82) is 0 Å². The van der Waals surface area contributed by atoms with Gasteiger partial charge in [-0.3, -0.25) is 0 Å². The van der Waals surface area contributed by atoms with Gasteiger partial charge in [-0.2, -0.15) is 0 Å². The molecule has 3 aromatic carbocycles. The smallest absolute Gasteiger partial charge is 0.119 e. The maximum Gasteiger partial charge on any atom is 0.119 e. The van der Waals surface area contributed by atoms with Gasteiger partial charge in [-0.15, -0.1) is 5.10 Å². The van der Waals surface area contributed by atoms with Crippen molar-refractivity contribution in [3.63, 3.8) is 0 Å². The Labute approximate surface area is 151 Å². The summed E-state index contributed by atoms with van der Waals surface area (Å²) in [6, 6.07) is 25.7. The van der Waals surface area contributed by atoms with Gasteiger partial charge in [0.2, 0.25) is 0 Å². The van der Waals surface area contributed by atoms with Crippen LogP contribution in [0.3, 0.4) is 0 Å². The van der Waals surface area contributed by atoms with Gasteiger partial charge in [0.1, 0.15) is 24.0 Å². The third kappa shape index (κ3) is 3.58. The molecule has 5 nitrogen and oxygen atoms in total. The van der Waals surface area contributed by atoms with Crippen molar-refractivity contribution in [2.24, 2.45) is 0 Å². The SMILES string of the molecule is OC(COc1ccc(-c2ccccc2)cc1)Cn1nnc2ccccc21. The van der Waals surface area contributed by atoms with E-state index in [9.17, 15) is 5.11 Å². The summed E-state index contributed by atoms with van der Waals surface area (Å²) in [7, 11) is 0. The molecule has 26 heavy (non-hydrogen) atoms. The lowest BCUT2D eigenvalue weighted by Gasteiger charge is -2.13. The molecular weight excluding hydrogens is 326 g/mol. The molecule has 0 bridgehead atoms. The zero-order chi connectivity index (χ0) is 17.8. The van der Waals surface area contributed by atoms with E-state index in [-0.39, 0.29) is 6.61 Å². The third-order valence-electron chi connectivity index (χ3n) is 4.21. The molecule has 0 amide bonds. The summed E-state index contributed by atoms with van der Waals surface area (Å²) in [6.07, 6.45) is -0.672. The molecule has 0 aliphatic heterocycles. The zero-order valence-corrected chi connectivity index (χ0v) is 14.2. The number of ether oxygens (including phenoxy) is 1. The number of aliphatic hydroxyl groups is 1. The van der Waals surface area contributed by atoms with Crippen LogP contribution in [0.4, 0.5) is 0 Å². The van der Waals surface area contributed by atoms with Gasteiger partial charge in [-0.25, -0.2) is 4.68 Å². The summed E-state index contributed by atoms with van der Waals surface area (Å²) >= 11 is 0. The Kier molecular flexibility index (Phi) is 4.62. The Hall–Kier alpha value is -3.18. The number of hydrogen-bond donors (Lipinski definition) is 1. The van der Waals surface area contributed by atoms with E-state index in [1.165, 1.54) is 0 Å². The van der Waals surface area contributed by atoms with Gasteiger partial charge in [0.05, 0.1) is 12.1 Å². The van der Waals surface area contributed by atoms with E-state index in [2.05, 4.69) is 22.4 Å². The minimum absolute atomic E-state index is 0.193. The molecule has 1 N–H and O–H groups in total. The Morgan fingerprint density at radius 2 is 1.54 bits per heavy atom. The summed E-state index contributed by atoms with van der Waals surface area (Å²) in [4.78, 5) is 0. The first-order valence-corrected chi connectivity index (χ1v) is 8.54. The van der Waals surface area contributed by atoms with E-state index in [0.29, 0.717) is 6.54 Å². The van der Waals surface area contributed by atoms with Crippen molar-refractivity contribution in [2.75, 3.05) is 6.61 Å². The topological polar surface area (TPSA) is 60.2 Å². The van der Waals surface area contributed by atoms with Crippen LogP contribution in [-0.2, 0) is 6.54 Å². The molecule has 0 spiro atoms. The highest BCUT2D eigenvalue weighted by Gasteiger charge is 2.10. The Bertz CT molecular complexity index is 981. The van der Waals surface area contributed by atoms with E-state index < -0.39 is 6.10 Å². The number of nitrogens with zero attached hydrogens (tertiary/aromatic N) is 3. The summed E-state index contributed by atoms with van der Waals surface area (Å²) in [5.74, 6) is 0.729. The number of rotatable bonds is 6. The minimum atomic E-state index is -0.672. The molecule has 1 heterocycles. The van der Waals surface area contributed by atoms with Crippen LogP contribution in [-0.4, -0.2) is 32.8 Å². The minimum Gasteiger partial charge on any atom is -0.491 e. The average Bonchev–Trinajstić information content (AvgIpc) is 3.10. The molecular formula is C21H19N3O2. The number of benzene rings is 3. The van der Waals surface area contributed by atoms with Gasteiger partial charge in [0.25, 0.3) is 0 Å². The molecule has 0 saturated heterocycles. The van der Waals surface area contributed by atoms with Crippen LogP contribution in [0.1, 0.15) is 0 Å². The van der Waals surface area contributed by atoms with Crippen LogP contribution in [0.15, 0.2) is 78.9 Å². The highest BCUT2D eigenvalue weighted by molar-refractivity contribution is 5.73. The quantitative estimate of drug-likeness (QED) is 0.581. The average molecular weight is 345 g/mol. The lowest BCUT2D eigenvalue weighted by atomic mass is 10.1. The predicted octanol–water partition coefficient (Wildman–Crippen LogP) is 3.54. The van der Waals surface area contributed by atoms with Crippen molar-refractivity contribution in [3.8, 4) is 16.9 Å². The summed E-state index contributed by atoms with van der Waals surface area (Å²) in [5.41, 5.74) is 4.01. The molecule has 1 atom stereocenters. The van der Waals surface area contributed by atoms with Gasteiger partial charge >= 0.3 is 0 Å². The van der Waals surface area contributed by atoms with Gasteiger partial charge in [-0.1, -0.05) is 59.8 Å². The molecule has 0 aliphatic rings. The van der Waals surface area contributed by atoms with E-state index in [1.807, 2.05) is 66.7 Å². The second kappa shape index (κ2) is 7.37. The van der Waals surface area contributed by atoms with Crippen molar-refractivity contribution < 1.29 is 9.84 Å². The number of para-hydroxylation sites is 1. The molecule has 1 aromatic heterocycles. The molecule has 0 radical (unpaired) electrons. The third-order valence-corrected chi connectivity index (χ3v) is 4.21. The number of hydrogen-bond acceptors (Lipinski definition) is 4. The monoisotopic (exact) mass is 345 g/mol. The highest BCUT2D eigenvalue weighted by atomic mass is 16.5. The fourth-order valence-electron chi connectivity index (χ4n) is 2.87. The number of fused-ring (bicyclic) bond motifs is 1. The van der Waals surface area contributed by atoms with Gasteiger partial charge in [-0.05, 0) is 35.4 Å². The molecule has 1 unspecified atom stereocenters. The van der Waals surface area contributed by atoms with E-state index in [4.69, 9.17) is 4.74 Å². The van der Waals surface area contributed by atoms with Crippen LogP contribution in [0.5, 0.6) is 5.75 Å². The van der Waals surface area contributed by atoms with Crippen molar-refractivity contribution in [3.05, 3.63) is 78.9 Å². The molecule has 4 rings (SSSR count). The second-order valence-corrected chi connectivity index (χ2v) is 6.12. The summed E-state index contributed by atoms with van der Waals surface area (Å²) in [5, 5.41) is 18.4. The zero-order valence-electron chi connectivity index (χ0n) is 14.2. The lowest BCUT2D eigenvalue weighted by molar-refractivity contribution is 0.0899. The van der Waals surface area contributed by atoms with E-state index in [0.717, 1.165) is 27.9 Å². The van der Waals surface area contributed by atoms with Crippen LogP contribution in [0, 0.1) is 0 Å². The molecule has 0 saturated carbocycles. The van der Waals surface area contributed by atoms with Crippen LogP contribution >= 0.6 is 0 Å². The van der Waals surface area contributed by atoms with Crippen molar-refractivity contribution >= 4 is 11.0 Å². The Morgan fingerprint density at radius 1 is 0.846 bits per heavy atom.